The van der Waals surface area contributed by atoms with E-state index in [1.807, 2.05) is 0 Å². The quantitative estimate of drug-likeness (QED) is 0.863. The number of aliphatic hydroxyl groups is 1. The van der Waals surface area contributed by atoms with Gasteiger partial charge in [-0.1, -0.05) is 41.1 Å². The molecule has 0 fully saturated rings. The van der Waals surface area contributed by atoms with E-state index in [0.29, 0.717) is 21.2 Å². The average molecular weight is 325 g/mol. The molecular formula is C16H11Cl2FO2. The molecule has 2 aromatic rings. The number of benzene rings is 2. The zero-order valence-corrected chi connectivity index (χ0v) is 12.4. The first-order valence-electron chi connectivity index (χ1n) is 6.06. The fraction of sp³-hybridized carbons (Fsp3) is 0.125. The summed E-state index contributed by atoms with van der Waals surface area (Å²) in [6, 6.07) is 9.26. The average Bonchev–Trinajstić information content (AvgIpc) is 2.46. The van der Waals surface area contributed by atoms with E-state index in [4.69, 9.17) is 33.0 Å². The van der Waals surface area contributed by atoms with Gasteiger partial charge in [0.15, 0.2) is 11.6 Å². The highest BCUT2D eigenvalue weighted by Gasteiger charge is 2.07. The lowest BCUT2D eigenvalue weighted by molar-refractivity contribution is 0.290. The molecule has 1 N–H and O–H groups in total. The van der Waals surface area contributed by atoms with Crippen molar-refractivity contribution in [3.63, 3.8) is 0 Å². The highest BCUT2D eigenvalue weighted by Crippen LogP contribution is 2.24. The number of halogens is 3. The van der Waals surface area contributed by atoms with Crippen molar-refractivity contribution < 1.29 is 14.2 Å². The first-order valence-corrected chi connectivity index (χ1v) is 6.82. The summed E-state index contributed by atoms with van der Waals surface area (Å²) < 4.78 is 19.1. The molecule has 0 spiro atoms. The molecule has 2 nitrogen and oxygen atoms in total. The zero-order chi connectivity index (χ0) is 15.2. The van der Waals surface area contributed by atoms with Crippen molar-refractivity contribution in [3.05, 3.63) is 63.4 Å². The number of hydrogen-bond acceptors (Lipinski definition) is 2. The molecule has 0 aliphatic rings. The lowest BCUT2D eigenvalue weighted by atomic mass is 10.2. The Morgan fingerprint density at radius 2 is 1.95 bits per heavy atom. The monoisotopic (exact) mass is 324 g/mol. The summed E-state index contributed by atoms with van der Waals surface area (Å²) in [7, 11) is 0. The first kappa shape index (κ1) is 15.7. The first-order chi connectivity index (χ1) is 10.1. The Bertz CT molecular complexity index is 705. The van der Waals surface area contributed by atoms with E-state index in [1.54, 1.807) is 18.2 Å². The topological polar surface area (TPSA) is 29.5 Å². The molecule has 108 valence electrons. The zero-order valence-electron chi connectivity index (χ0n) is 10.9. The van der Waals surface area contributed by atoms with Crippen LogP contribution in [0.1, 0.15) is 11.1 Å². The molecule has 0 saturated heterocycles. The van der Waals surface area contributed by atoms with Crippen LogP contribution in [-0.4, -0.2) is 11.7 Å². The highest BCUT2D eigenvalue weighted by atomic mass is 35.5. The Balaban J connectivity index is 2.15. The van der Waals surface area contributed by atoms with Gasteiger partial charge in [-0.25, -0.2) is 4.39 Å². The Hall–Kier alpha value is -1.73. The van der Waals surface area contributed by atoms with Crippen LogP contribution in [0.25, 0.3) is 0 Å². The van der Waals surface area contributed by atoms with Crippen molar-refractivity contribution in [2.75, 3.05) is 6.61 Å². The van der Waals surface area contributed by atoms with Gasteiger partial charge in [-0.05, 0) is 30.3 Å². The van der Waals surface area contributed by atoms with Crippen molar-refractivity contribution in [1.82, 2.24) is 0 Å². The standard InChI is InChI=1S/C16H11Cl2FO2/c17-13-5-4-12(14(18)9-13)10-21-16-8-11(2-1-7-20)3-6-15(16)19/h3-6,8-9,20H,7,10H2. The fourth-order valence-corrected chi connectivity index (χ4v) is 2.09. The minimum atomic E-state index is -0.491. The minimum Gasteiger partial charge on any atom is -0.486 e. The summed E-state index contributed by atoms with van der Waals surface area (Å²) >= 11 is 11.8. The van der Waals surface area contributed by atoms with Gasteiger partial charge in [-0.3, -0.25) is 0 Å². The van der Waals surface area contributed by atoms with Crippen LogP contribution in [0, 0.1) is 17.7 Å². The summed E-state index contributed by atoms with van der Waals surface area (Å²) in [6.45, 7) is -0.141. The number of hydrogen-bond donors (Lipinski definition) is 1. The van der Waals surface area contributed by atoms with Crippen LogP contribution in [0.15, 0.2) is 36.4 Å². The van der Waals surface area contributed by atoms with Crippen LogP contribution >= 0.6 is 23.2 Å². The molecule has 5 heteroatoms. The van der Waals surface area contributed by atoms with Crippen molar-refractivity contribution in [2.24, 2.45) is 0 Å². The molecule has 0 heterocycles. The van der Waals surface area contributed by atoms with Crippen LogP contribution in [-0.2, 0) is 6.61 Å². The molecular weight excluding hydrogens is 314 g/mol. The summed E-state index contributed by atoms with van der Waals surface area (Å²) in [4.78, 5) is 0. The van der Waals surface area contributed by atoms with Crippen LogP contribution in [0.5, 0.6) is 5.75 Å². The predicted octanol–water partition coefficient (Wildman–Crippen LogP) is 4.06. The van der Waals surface area contributed by atoms with Gasteiger partial charge in [0.1, 0.15) is 13.2 Å². The van der Waals surface area contributed by atoms with Crippen molar-refractivity contribution in [1.29, 1.82) is 0 Å². The third-order valence-corrected chi connectivity index (χ3v) is 3.23. The molecule has 0 aliphatic heterocycles. The molecule has 0 aromatic heterocycles. The van der Waals surface area contributed by atoms with E-state index in [1.165, 1.54) is 18.2 Å². The Morgan fingerprint density at radius 1 is 1.14 bits per heavy atom. The maximum Gasteiger partial charge on any atom is 0.165 e. The summed E-state index contributed by atoms with van der Waals surface area (Å²) in [5.41, 5.74) is 1.26. The third kappa shape index (κ3) is 4.37. The van der Waals surface area contributed by atoms with Gasteiger partial charge in [-0.2, -0.15) is 0 Å². The van der Waals surface area contributed by atoms with E-state index in [0.717, 1.165) is 0 Å². The van der Waals surface area contributed by atoms with Gasteiger partial charge in [-0.15, -0.1) is 0 Å². The second-order valence-electron chi connectivity index (χ2n) is 4.13. The molecule has 2 aromatic carbocycles. The van der Waals surface area contributed by atoms with Crippen LogP contribution < -0.4 is 4.74 Å². The van der Waals surface area contributed by atoms with E-state index >= 15 is 0 Å². The molecule has 0 unspecified atom stereocenters. The Morgan fingerprint density at radius 3 is 2.67 bits per heavy atom. The molecule has 0 radical (unpaired) electrons. The molecule has 2 rings (SSSR count). The summed E-state index contributed by atoms with van der Waals surface area (Å²) in [6.07, 6.45) is 0. The number of aliphatic hydroxyl groups excluding tert-OH is 1. The molecule has 0 amide bonds. The molecule has 0 atom stereocenters. The van der Waals surface area contributed by atoms with Crippen LogP contribution in [0.3, 0.4) is 0 Å². The van der Waals surface area contributed by atoms with E-state index in [9.17, 15) is 4.39 Å². The normalized spacial score (nSPS) is 9.90. The van der Waals surface area contributed by atoms with Gasteiger partial charge in [0.25, 0.3) is 0 Å². The highest BCUT2D eigenvalue weighted by molar-refractivity contribution is 6.35. The maximum absolute atomic E-state index is 13.7. The van der Waals surface area contributed by atoms with Gasteiger partial charge >= 0.3 is 0 Å². The van der Waals surface area contributed by atoms with Crippen LogP contribution in [0.4, 0.5) is 4.39 Å². The smallest absolute Gasteiger partial charge is 0.165 e. The SMILES string of the molecule is OCC#Cc1ccc(F)c(OCc2ccc(Cl)cc2Cl)c1. The van der Waals surface area contributed by atoms with E-state index in [2.05, 4.69) is 11.8 Å². The fourth-order valence-electron chi connectivity index (χ4n) is 1.63. The van der Waals surface area contributed by atoms with Crippen molar-refractivity contribution in [2.45, 2.75) is 6.61 Å². The molecule has 0 bridgehead atoms. The largest absolute Gasteiger partial charge is 0.486 e. The lowest BCUT2D eigenvalue weighted by Crippen LogP contribution is -1.98. The van der Waals surface area contributed by atoms with Crippen LogP contribution in [0.2, 0.25) is 10.0 Å². The van der Waals surface area contributed by atoms with Gasteiger partial charge in [0.05, 0.1) is 0 Å². The Kier molecular flexibility index (Phi) is 5.46. The predicted molar refractivity (Wildman–Crippen MR) is 81.2 cm³/mol. The van der Waals surface area contributed by atoms with Gasteiger partial charge in [0.2, 0.25) is 0 Å². The molecule has 0 aliphatic carbocycles. The van der Waals surface area contributed by atoms with E-state index < -0.39 is 5.82 Å². The second-order valence-corrected chi connectivity index (χ2v) is 4.97. The Labute approximate surface area is 132 Å². The molecule has 21 heavy (non-hydrogen) atoms. The maximum atomic E-state index is 13.7. The van der Waals surface area contributed by atoms with Crippen molar-refractivity contribution in [3.8, 4) is 17.6 Å². The summed E-state index contributed by atoms with van der Waals surface area (Å²) in [5.74, 6) is 4.76. The number of rotatable bonds is 3. The minimum absolute atomic E-state index is 0.0748. The van der Waals surface area contributed by atoms with Crippen molar-refractivity contribution >= 4 is 23.2 Å². The summed E-state index contributed by atoms with van der Waals surface area (Å²) in [5, 5.41) is 9.63. The second kappa shape index (κ2) is 7.33. The van der Waals surface area contributed by atoms with E-state index in [-0.39, 0.29) is 19.0 Å². The number of ether oxygens (including phenoxy) is 1. The lowest BCUT2D eigenvalue weighted by Gasteiger charge is -2.09. The third-order valence-electron chi connectivity index (χ3n) is 2.64. The van der Waals surface area contributed by atoms with Gasteiger partial charge in [0, 0.05) is 21.2 Å². The molecule has 0 saturated carbocycles. The van der Waals surface area contributed by atoms with Gasteiger partial charge < -0.3 is 9.84 Å².